The molecule has 0 fully saturated rings. The summed E-state index contributed by atoms with van der Waals surface area (Å²) in [6.07, 6.45) is 3.78. The third-order valence-electron chi connectivity index (χ3n) is 2.09. The highest BCUT2D eigenvalue weighted by Gasteiger charge is 2.04. The first-order valence-electron chi connectivity index (χ1n) is 5.06. The van der Waals surface area contributed by atoms with Crippen LogP contribution in [0.15, 0.2) is 30.5 Å². The fourth-order valence-electron chi connectivity index (χ4n) is 1.28. The average molecular weight is 341 g/mol. The molecule has 2 rings (SSSR count). The van der Waals surface area contributed by atoms with Crippen LogP contribution in [0.5, 0.6) is 0 Å². The number of rotatable bonds is 3. The predicted molar refractivity (Wildman–Crippen MR) is 74.6 cm³/mol. The fraction of sp³-hybridized carbons (Fsp3) is 0.182. The summed E-state index contributed by atoms with van der Waals surface area (Å²) >= 11 is 2.27. The molecule has 1 heterocycles. The van der Waals surface area contributed by atoms with Crippen molar-refractivity contribution in [1.82, 2.24) is 25.1 Å². The van der Waals surface area contributed by atoms with Crippen molar-refractivity contribution in [2.24, 2.45) is 0 Å². The molecular weight excluding hydrogens is 329 g/mol. The Morgan fingerprint density at radius 2 is 1.94 bits per heavy atom. The van der Waals surface area contributed by atoms with E-state index in [-0.39, 0.29) is 0 Å². The largest absolute Gasteiger partial charge is 0.383 e. The van der Waals surface area contributed by atoms with Crippen LogP contribution in [0.4, 0.5) is 0 Å². The smallest absolute Gasteiger partial charge is 0.181 e. The number of aromatic nitrogens is 4. The maximum absolute atomic E-state index is 3.98. The minimum Gasteiger partial charge on any atom is -0.383 e. The predicted octanol–water partition coefficient (Wildman–Crippen LogP) is 1.80. The Morgan fingerprint density at radius 3 is 2.59 bits per heavy atom. The van der Waals surface area contributed by atoms with E-state index >= 15 is 0 Å². The van der Waals surface area contributed by atoms with Crippen LogP contribution >= 0.6 is 22.6 Å². The molecule has 1 aromatic heterocycles. The monoisotopic (exact) mass is 341 g/mol. The number of hydrogen-bond acceptors (Lipinski definition) is 4. The molecule has 88 valence electrons. The third kappa shape index (κ3) is 3.02. The van der Waals surface area contributed by atoms with Gasteiger partial charge in [-0.05, 0) is 57.3 Å². The van der Waals surface area contributed by atoms with Gasteiger partial charge in [0.1, 0.15) is 0 Å². The molecule has 0 saturated heterocycles. The zero-order chi connectivity index (χ0) is 12.3. The van der Waals surface area contributed by atoms with E-state index in [9.17, 15) is 0 Å². The summed E-state index contributed by atoms with van der Waals surface area (Å²) in [6.45, 7) is 0. The lowest BCUT2D eigenvalue weighted by molar-refractivity contribution is 0.567. The van der Waals surface area contributed by atoms with Crippen molar-refractivity contribution in [3.63, 3.8) is 0 Å². The van der Waals surface area contributed by atoms with Crippen LogP contribution in [0.3, 0.4) is 0 Å². The van der Waals surface area contributed by atoms with E-state index in [0.717, 1.165) is 5.69 Å². The first kappa shape index (κ1) is 12.0. The minimum atomic E-state index is 0.708. The van der Waals surface area contributed by atoms with Crippen LogP contribution in [-0.4, -0.2) is 39.2 Å². The van der Waals surface area contributed by atoms with Gasteiger partial charge < -0.3 is 4.90 Å². The highest BCUT2D eigenvalue weighted by Crippen LogP contribution is 2.12. The molecule has 0 N–H and O–H groups in total. The lowest BCUT2D eigenvalue weighted by atomic mass is 10.3. The molecule has 0 spiro atoms. The highest BCUT2D eigenvalue weighted by molar-refractivity contribution is 14.1. The van der Waals surface area contributed by atoms with Crippen molar-refractivity contribution in [3.05, 3.63) is 39.9 Å². The highest BCUT2D eigenvalue weighted by atomic mass is 127. The second-order valence-electron chi connectivity index (χ2n) is 3.70. The molecule has 6 heteroatoms. The molecule has 0 atom stereocenters. The van der Waals surface area contributed by atoms with Gasteiger partial charge in [-0.2, -0.15) is 4.68 Å². The Balaban J connectivity index is 2.33. The first-order chi connectivity index (χ1) is 8.16. The van der Waals surface area contributed by atoms with Gasteiger partial charge in [0.2, 0.25) is 0 Å². The summed E-state index contributed by atoms with van der Waals surface area (Å²) in [5, 5.41) is 11.6. The van der Waals surface area contributed by atoms with Gasteiger partial charge in [0.05, 0.1) is 5.69 Å². The molecule has 0 bridgehead atoms. The number of tetrazole rings is 1. The number of hydrogen-bond donors (Lipinski definition) is 0. The topological polar surface area (TPSA) is 46.8 Å². The second-order valence-corrected chi connectivity index (χ2v) is 4.95. The van der Waals surface area contributed by atoms with Crippen LogP contribution in [-0.2, 0) is 0 Å². The lowest BCUT2D eigenvalue weighted by Gasteiger charge is -2.04. The first-order valence-corrected chi connectivity index (χ1v) is 6.13. The maximum Gasteiger partial charge on any atom is 0.181 e. The van der Waals surface area contributed by atoms with Gasteiger partial charge in [0, 0.05) is 29.9 Å². The van der Waals surface area contributed by atoms with E-state index in [4.69, 9.17) is 0 Å². The van der Waals surface area contributed by atoms with E-state index in [2.05, 4.69) is 38.1 Å². The molecule has 5 nitrogen and oxygen atoms in total. The van der Waals surface area contributed by atoms with Gasteiger partial charge >= 0.3 is 0 Å². The molecular formula is C11H12IN5. The van der Waals surface area contributed by atoms with Crippen LogP contribution in [0, 0.1) is 3.57 Å². The molecule has 0 amide bonds. The van der Waals surface area contributed by atoms with Crippen LogP contribution in [0.1, 0.15) is 5.82 Å². The zero-order valence-electron chi connectivity index (χ0n) is 9.58. The van der Waals surface area contributed by atoms with Crippen molar-refractivity contribution in [2.45, 2.75) is 0 Å². The summed E-state index contributed by atoms with van der Waals surface area (Å²) < 4.78 is 2.89. The lowest BCUT2D eigenvalue weighted by Crippen LogP contribution is -2.02. The van der Waals surface area contributed by atoms with Crippen molar-refractivity contribution >= 4 is 28.7 Å². The standard InChI is InChI=1S/C11H12IN5/c1-16(2)8-7-11-13-14-15-17(11)10-5-3-9(12)4-6-10/h3-8H,1-2H3/b8-7+. The second kappa shape index (κ2) is 5.26. The quantitative estimate of drug-likeness (QED) is 0.799. The van der Waals surface area contributed by atoms with Crippen molar-refractivity contribution < 1.29 is 0 Å². The van der Waals surface area contributed by atoms with E-state index in [1.165, 1.54) is 3.57 Å². The molecule has 17 heavy (non-hydrogen) atoms. The summed E-state index contributed by atoms with van der Waals surface area (Å²) in [4.78, 5) is 1.94. The average Bonchev–Trinajstić information content (AvgIpc) is 2.75. The Hall–Kier alpha value is -1.44. The molecule has 0 aliphatic carbocycles. The van der Waals surface area contributed by atoms with Crippen LogP contribution in [0.2, 0.25) is 0 Å². The molecule has 0 saturated carbocycles. The van der Waals surface area contributed by atoms with Crippen molar-refractivity contribution in [2.75, 3.05) is 14.1 Å². The molecule has 0 unspecified atom stereocenters. The summed E-state index contributed by atoms with van der Waals surface area (Å²) in [5.41, 5.74) is 0.953. The van der Waals surface area contributed by atoms with Crippen LogP contribution in [0.25, 0.3) is 11.8 Å². The maximum atomic E-state index is 3.98. The van der Waals surface area contributed by atoms with E-state index in [1.807, 2.05) is 55.5 Å². The molecule has 0 aliphatic rings. The van der Waals surface area contributed by atoms with E-state index in [1.54, 1.807) is 4.68 Å². The summed E-state index contributed by atoms with van der Waals surface area (Å²) in [7, 11) is 3.91. The van der Waals surface area contributed by atoms with Gasteiger partial charge in [-0.15, -0.1) is 5.10 Å². The summed E-state index contributed by atoms with van der Waals surface area (Å²) in [6, 6.07) is 8.03. The van der Waals surface area contributed by atoms with E-state index in [0.29, 0.717) is 5.82 Å². The Morgan fingerprint density at radius 1 is 1.24 bits per heavy atom. The Labute approximate surface area is 113 Å². The summed E-state index contributed by atoms with van der Waals surface area (Å²) in [5.74, 6) is 0.708. The fourth-order valence-corrected chi connectivity index (χ4v) is 1.64. The molecule has 0 radical (unpaired) electrons. The number of halogens is 1. The third-order valence-corrected chi connectivity index (χ3v) is 2.81. The van der Waals surface area contributed by atoms with Crippen LogP contribution < -0.4 is 0 Å². The van der Waals surface area contributed by atoms with Crippen molar-refractivity contribution in [3.8, 4) is 5.69 Å². The van der Waals surface area contributed by atoms with Gasteiger partial charge in [-0.1, -0.05) is 0 Å². The van der Waals surface area contributed by atoms with E-state index < -0.39 is 0 Å². The van der Waals surface area contributed by atoms with Gasteiger partial charge in [-0.25, -0.2) is 0 Å². The molecule has 1 aromatic carbocycles. The van der Waals surface area contributed by atoms with Gasteiger partial charge in [0.15, 0.2) is 5.82 Å². The minimum absolute atomic E-state index is 0.708. The number of nitrogens with zero attached hydrogens (tertiary/aromatic N) is 5. The van der Waals surface area contributed by atoms with Crippen molar-refractivity contribution in [1.29, 1.82) is 0 Å². The van der Waals surface area contributed by atoms with Gasteiger partial charge in [0.25, 0.3) is 0 Å². The normalized spacial score (nSPS) is 11.0. The zero-order valence-corrected chi connectivity index (χ0v) is 11.7. The molecule has 0 aliphatic heterocycles. The molecule has 2 aromatic rings. The van der Waals surface area contributed by atoms with Gasteiger partial charge in [-0.3, -0.25) is 0 Å². The Kier molecular flexibility index (Phi) is 3.72. The SMILES string of the molecule is CN(C)/C=C/c1nnnn1-c1ccc(I)cc1. The Bertz CT molecular complexity index is 515. The number of benzene rings is 1.